The van der Waals surface area contributed by atoms with E-state index >= 15 is 0 Å². The number of hydrogen-bond donors (Lipinski definition) is 8. The van der Waals surface area contributed by atoms with E-state index in [0.717, 1.165) is 6.92 Å². The van der Waals surface area contributed by atoms with E-state index < -0.39 is 84.5 Å². The summed E-state index contributed by atoms with van der Waals surface area (Å²) in [7, 11) is 0. The average Bonchev–Trinajstić information content (AvgIpc) is 2.60. The molecule has 0 radical (unpaired) electrons. The topological polar surface area (TPSA) is 257 Å². The molecular formula is C17H30N6O8. The van der Waals surface area contributed by atoms with Crippen LogP contribution in [-0.4, -0.2) is 76.0 Å². The average molecular weight is 446 g/mol. The van der Waals surface area contributed by atoms with Gasteiger partial charge < -0.3 is 43.4 Å². The smallest absolute Gasteiger partial charge is 0.326 e. The summed E-state index contributed by atoms with van der Waals surface area (Å²) < 4.78 is 0. The number of hydrogen-bond acceptors (Lipinski definition) is 8. The Morgan fingerprint density at radius 3 is 1.65 bits per heavy atom. The normalized spacial score (nSPS) is 15.7. The van der Waals surface area contributed by atoms with Crippen molar-refractivity contribution in [2.75, 3.05) is 0 Å². The summed E-state index contributed by atoms with van der Waals surface area (Å²) in [6, 6.07) is -5.89. The summed E-state index contributed by atoms with van der Waals surface area (Å²) in [5.74, 6) is -6.73. The quantitative estimate of drug-likeness (QED) is 0.136. The van der Waals surface area contributed by atoms with Crippen LogP contribution in [0.3, 0.4) is 0 Å². The number of primary amides is 2. The van der Waals surface area contributed by atoms with Gasteiger partial charge in [-0.25, -0.2) is 4.79 Å². The Labute approximate surface area is 178 Å². The van der Waals surface area contributed by atoms with Gasteiger partial charge in [-0.2, -0.15) is 0 Å². The largest absolute Gasteiger partial charge is 0.480 e. The Balaban J connectivity index is 5.46. The predicted octanol–water partition coefficient (Wildman–Crippen LogP) is -4.36. The monoisotopic (exact) mass is 446 g/mol. The number of carbonyl (C=O) groups excluding carboxylic acids is 5. The van der Waals surface area contributed by atoms with Crippen LogP contribution in [-0.2, 0) is 28.8 Å². The van der Waals surface area contributed by atoms with Crippen molar-refractivity contribution in [3.63, 3.8) is 0 Å². The van der Waals surface area contributed by atoms with Crippen LogP contribution >= 0.6 is 0 Å². The lowest BCUT2D eigenvalue weighted by molar-refractivity contribution is -0.143. The maximum Gasteiger partial charge on any atom is 0.326 e. The molecule has 0 saturated carbocycles. The first-order chi connectivity index (χ1) is 14.2. The molecule has 5 unspecified atom stereocenters. The second-order valence-corrected chi connectivity index (χ2v) is 7.30. The second-order valence-electron chi connectivity index (χ2n) is 7.30. The van der Waals surface area contributed by atoms with Gasteiger partial charge in [0.1, 0.15) is 18.1 Å². The highest BCUT2D eigenvalue weighted by Gasteiger charge is 2.33. The number of nitrogens with two attached hydrogens (primary N) is 3. The number of carboxylic acid groups (broad SMARTS) is 1. The third-order valence-corrected chi connectivity index (χ3v) is 4.09. The summed E-state index contributed by atoms with van der Waals surface area (Å²) in [6.07, 6.45) is -2.66. The number of aliphatic carboxylic acids is 1. The molecule has 176 valence electrons. The van der Waals surface area contributed by atoms with Crippen LogP contribution in [0.15, 0.2) is 0 Å². The number of carboxylic acids is 1. The Morgan fingerprint density at radius 2 is 1.26 bits per heavy atom. The van der Waals surface area contributed by atoms with Crippen molar-refractivity contribution in [3.05, 3.63) is 0 Å². The van der Waals surface area contributed by atoms with Crippen LogP contribution in [0, 0.1) is 5.92 Å². The van der Waals surface area contributed by atoms with Gasteiger partial charge in [0.15, 0.2) is 0 Å². The van der Waals surface area contributed by atoms with E-state index in [0.29, 0.717) is 0 Å². The van der Waals surface area contributed by atoms with E-state index in [9.17, 15) is 39.0 Å². The van der Waals surface area contributed by atoms with Gasteiger partial charge in [-0.05, 0) is 12.8 Å². The van der Waals surface area contributed by atoms with Gasteiger partial charge in [-0.1, -0.05) is 13.8 Å². The minimum absolute atomic E-state index is 0.511. The molecule has 0 rings (SSSR count). The van der Waals surface area contributed by atoms with Gasteiger partial charge in [0.2, 0.25) is 29.5 Å². The SMILES string of the molecule is CC(C)C(NC(=O)C(CC(N)=O)NC(=O)C(NC(=O)C(N)CC(N)=O)C(C)O)C(=O)O. The van der Waals surface area contributed by atoms with Gasteiger partial charge >= 0.3 is 5.97 Å². The molecule has 0 aliphatic heterocycles. The van der Waals surface area contributed by atoms with E-state index in [4.69, 9.17) is 17.2 Å². The van der Waals surface area contributed by atoms with Crippen LogP contribution < -0.4 is 33.2 Å². The molecule has 5 atom stereocenters. The van der Waals surface area contributed by atoms with Crippen LogP contribution in [0.25, 0.3) is 0 Å². The Kier molecular flexibility index (Phi) is 11.1. The molecule has 31 heavy (non-hydrogen) atoms. The standard InChI is InChI=1S/C17H30N6O8/c1-6(2)12(17(30)31)22-15(28)9(5-11(20)26)21-16(29)13(7(3)24)23-14(27)8(18)4-10(19)25/h6-9,12-13,24H,4-5,18H2,1-3H3,(H2,19,25)(H2,20,26)(H,21,29)(H,22,28)(H,23,27)(H,30,31). The molecule has 14 nitrogen and oxygen atoms in total. The van der Waals surface area contributed by atoms with Crippen molar-refractivity contribution in [1.82, 2.24) is 16.0 Å². The fraction of sp³-hybridized carbons (Fsp3) is 0.647. The first-order valence-corrected chi connectivity index (χ1v) is 9.31. The van der Waals surface area contributed by atoms with Gasteiger partial charge in [0.25, 0.3) is 0 Å². The maximum atomic E-state index is 12.5. The molecule has 0 aromatic heterocycles. The highest BCUT2D eigenvalue weighted by atomic mass is 16.4. The Bertz CT molecular complexity index is 711. The van der Waals surface area contributed by atoms with E-state index in [1.807, 2.05) is 0 Å². The molecule has 0 heterocycles. The molecule has 0 aliphatic rings. The molecule has 0 saturated heterocycles. The zero-order chi connectivity index (χ0) is 24.5. The zero-order valence-corrected chi connectivity index (χ0v) is 17.5. The number of rotatable bonds is 13. The van der Waals surface area contributed by atoms with Gasteiger partial charge in [0, 0.05) is 0 Å². The third-order valence-electron chi connectivity index (χ3n) is 4.09. The minimum atomic E-state index is -1.62. The van der Waals surface area contributed by atoms with Crippen molar-refractivity contribution >= 4 is 35.5 Å². The van der Waals surface area contributed by atoms with E-state index in [1.165, 1.54) is 13.8 Å². The molecule has 0 aromatic carbocycles. The minimum Gasteiger partial charge on any atom is -0.480 e. The first kappa shape index (κ1) is 27.7. The number of aliphatic hydroxyl groups is 1. The van der Waals surface area contributed by atoms with E-state index in [-0.39, 0.29) is 0 Å². The molecule has 0 aliphatic carbocycles. The third kappa shape index (κ3) is 9.86. The van der Waals surface area contributed by atoms with Crippen molar-refractivity contribution in [2.45, 2.75) is 63.9 Å². The molecule has 11 N–H and O–H groups in total. The summed E-state index contributed by atoms with van der Waals surface area (Å²) in [5.41, 5.74) is 15.5. The number of carbonyl (C=O) groups is 6. The van der Waals surface area contributed by atoms with Crippen LogP contribution in [0.1, 0.15) is 33.6 Å². The van der Waals surface area contributed by atoms with Crippen molar-refractivity contribution in [3.8, 4) is 0 Å². The highest BCUT2D eigenvalue weighted by molar-refractivity contribution is 5.96. The fourth-order valence-corrected chi connectivity index (χ4v) is 2.41. The van der Waals surface area contributed by atoms with E-state index in [1.54, 1.807) is 0 Å². The summed E-state index contributed by atoms with van der Waals surface area (Å²) >= 11 is 0. The van der Waals surface area contributed by atoms with Crippen molar-refractivity contribution < 1.29 is 39.0 Å². The van der Waals surface area contributed by atoms with Crippen LogP contribution in [0.5, 0.6) is 0 Å². The van der Waals surface area contributed by atoms with Crippen LogP contribution in [0.2, 0.25) is 0 Å². The highest BCUT2D eigenvalue weighted by Crippen LogP contribution is 2.04. The number of nitrogens with one attached hydrogen (secondary N) is 3. The van der Waals surface area contributed by atoms with Gasteiger partial charge in [-0.3, -0.25) is 24.0 Å². The maximum absolute atomic E-state index is 12.5. The van der Waals surface area contributed by atoms with E-state index in [2.05, 4.69) is 16.0 Å². The molecule has 5 amide bonds. The van der Waals surface area contributed by atoms with Gasteiger partial charge in [0.05, 0.1) is 25.0 Å². The molecule has 0 fully saturated rings. The summed E-state index contributed by atoms with van der Waals surface area (Å²) in [6.45, 7) is 4.23. The summed E-state index contributed by atoms with van der Waals surface area (Å²) in [5, 5.41) is 25.5. The van der Waals surface area contributed by atoms with Gasteiger partial charge in [-0.15, -0.1) is 0 Å². The second kappa shape index (κ2) is 12.4. The molecular weight excluding hydrogens is 416 g/mol. The first-order valence-electron chi connectivity index (χ1n) is 9.31. The lowest BCUT2D eigenvalue weighted by Crippen LogP contribution is -2.60. The number of aliphatic hydroxyl groups excluding tert-OH is 1. The molecule has 14 heteroatoms. The van der Waals surface area contributed by atoms with Crippen molar-refractivity contribution in [1.29, 1.82) is 0 Å². The Morgan fingerprint density at radius 1 is 0.774 bits per heavy atom. The lowest BCUT2D eigenvalue weighted by atomic mass is 10.0. The fourth-order valence-electron chi connectivity index (χ4n) is 2.41. The van der Waals surface area contributed by atoms with Crippen LogP contribution in [0.4, 0.5) is 0 Å². The predicted molar refractivity (Wildman–Crippen MR) is 106 cm³/mol. The Hall–Kier alpha value is -3.26. The molecule has 0 bridgehead atoms. The number of amides is 5. The molecule has 0 aromatic rings. The molecule has 0 spiro atoms. The lowest BCUT2D eigenvalue weighted by Gasteiger charge is -2.26. The summed E-state index contributed by atoms with van der Waals surface area (Å²) in [4.78, 5) is 70.5. The van der Waals surface area contributed by atoms with Crippen molar-refractivity contribution in [2.24, 2.45) is 23.1 Å². The zero-order valence-electron chi connectivity index (χ0n) is 17.5.